The lowest BCUT2D eigenvalue weighted by atomic mass is 10.1. The van der Waals surface area contributed by atoms with Crippen molar-refractivity contribution in [2.45, 2.75) is 19.5 Å². The van der Waals surface area contributed by atoms with Gasteiger partial charge in [-0.1, -0.05) is 0 Å². The van der Waals surface area contributed by atoms with Gasteiger partial charge in [0.05, 0.1) is 44.5 Å². The van der Waals surface area contributed by atoms with Gasteiger partial charge in [-0.15, -0.1) is 0 Å². The Bertz CT molecular complexity index is 1480. The quantitative estimate of drug-likeness (QED) is 0.374. The standard InChI is InChI=1S/C24H27FN8O4/c1-14(18-12-29-32(24(35)21(18)36-2)4-3-31-5-7-37-8-6-31)33-23-19(22(26)27-13-28-23)20(30-33)15-9-16(25)11-17(34)10-15/h9-14,34H,3-8H2,1-2H3,(H2,26,27,28)/t14-/m0/s1. The molecular formula is C24H27FN8O4. The molecule has 1 fully saturated rings. The molecule has 1 aliphatic heterocycles. The second kappa shape index (κ2) is 10.1. The molecule has 1 aliphatic rings. The van der Waals surface area contributed by atoms with Crippen LogP contribution in [0.3, 0.4) is 0 Å². The molecule has 1 atom stereocenters. The average Bonchev–Trinajstić information content (AvgIpc) is 3.28. The number of hydrogen-bond donors (Lipinski definition) is 2. The van der Waals surface area contributed by atoms with Gasteiger partial charge in [0.2, 0.25) is 0 Å². The van der Waals surface area contributed by atoms with Crippen molar-refractivity contribution in [3.63, 3.8) is 0 Å². The number of nitrogens with two attached hydrogens (primary N) is 1. The zero-order valence-corrected chi connectivity index (χ0v) is 20.5. The predicted octanol–water partition coefficient (Wildman–Crippen LogP) is 1.43. The monoisotopic (exact) mass is 510 g/mol. The lowest BCUT2D eigenvalue weighted by Crippen LogP contribution is -2.40. The summed E-state index contributed by atoms with van der Waals surface area (Å²) in [6.07, 6.45) is 2.88. The summed E-state index contributed by atoms with van der Waals surface area (Å²) in [5.41, 5.74) is 7.25. The molecule has 5 rings (SSSR count). The van der Waals surface area contributed by atoms with Crippen LogP contribution in [0.4, 0.5) is 10.2 Å². The lowest BCUT2D eigenvalue weighted by Gasteiger charge is -2.26. The summed E-state index contributed by atoms with van der Waals surface area (Å²) in [5, 5.41) is 19.4. The van der Waals surface area contributed by atoms with Gasteiger partial charge < -0.3 is 20.3 Å². The van der Waals surface area contributed by atoms with Gasteiger partial charge in [-0.3, -0.25) is 9.69 Å². The number of halogens is 1. The summed E-state index contributed by atoms with van der Waals surface area (Å²) in [4.78, 5) is 23.9. The highest BCUT2D eigenvalue weighted by atomic mass is 19.1. The summed E-state index contributed by atoms with van der Waals surface area (Å²) in [6, 6.07) is 3.05. The summed E-state index contributed by atoms with van der Waals surface area (Å²) in [5.74, 6) is -0.605. The van der Waals surface area contributed by atoms with Gasteiger partial charge in [-0.25, -0.2) is 23.7 Å². The van der Waals surface area contributed by atoms with Crippen molar-refractivity contribution in [2.75, 3.05) is 45.7 Å². The minimum absolute atomic E-state index is 0.139. The molecule has 1 saturated heterocycles. The highest BCUT2D eigenvalue weighted by Gasteiger charge is 2.25. The number of benzene rings is 1. The first-order valence-electron chi connectivity index (χ1n) is 11.8. The van der Waals surface area contributed by atoms with E-state index in [-0.39, 0.29) is 22.9 Å². The molecule has 0 spiro atoms. The van der Waals surface area contributed by atoms with Gasteiger partial charge in [-0.05, 0) is 19.1 Å². The Balaban J connectivity index is 1.54. The van der Waals surface area contributed by atoms with Crippen LogP contribution in [0.2, 0.25) is 0 Å². The van der Waals surface area contributed by atoms with Crippen LogP contribution in [0.5, 0.6) is 11.5 Å². The first-order valence-corrected chi connectivity index (χ1v) is 11.8. The van der Waals surface area contributed by atoms with E-state index in [1.54, 1.807) is 10.9 Å². The second-order valence-electron chi connectivity index (χ2n) is 8.74. The van der Waals surface area contributed by atoms with Crippen molar-refractivity contribution in [3.05, 3.63) is 52.5 Å². The fourth-order valence-electron chi connectivity index (χ4n) is 4.52. The van der Waals surface area contributed by atoms with Gasteiger partial charge >= 0.3 is 5.56 Å². The molecule has 3 aromatic heterocycles. The molecule has 4 aromatic rings. The summed E-state index contributed by atoms with van der Waals surface area (Å²) >= 11 is 0. The molecule has 0 radical (unpaired) electrons. The van der Waals surface area contributed by atoms with E-state index >= 15 is 0 Å². The minimum atomic E-state index is -0.632. The van der Waals surface area contributed by atoms with E-state index < -0.39 is 11.9 Å². The van der Waals surface area contributed by atoms with E-state index in [4.69, 9.17) is 15.2 Å². The molecule has 0 aliphatic carbocycles. The molecular weight excluding hydrogens is 483 g/mol. The van der Waals surface area contributed by atoms with Gasteiger partial charge in [0.15, 0.2) is 11.4 Å². The van der Waals surface area contributed by atoms with Crippen LogP contribution in [-0.4, -0.2) is 79.5 Å². The van der Waals surface area contributed by atoms with Crippen LogP contribution >= 0.6 is 0 Å². The highest BCUT2D eigenvalue weighted by Crippen LogP contribution is 2.35. The van der Waals surface area contributed by atoms with Crippen molar-refractivity contribution < 1.29 is 19.0 Å². The number of phenolic OH excluding ortho intramolecular Hbond substituents is 1. The minimum Gasteiger partial charge on any atom is -0.508 e. The number of ether oxygens (including phenoxy) is 2. The number of hydrogen-bond acceptors (Lipinski definition) is 10. The maximum Gasteiger partial charge on any atom is 0.309 e. The third-order valence-corrected chi connectivity index (χ3v) is 6.45. The van der Waals surface area contributed by atoms with E-state index in [9.17, 15) is 14.3 Å². The van der Waals surface area contributed by atoms with Crippen LogP contribution in [0.1, 0.15) is 18.5 Å². The predicted molar refractivity (Wildman–Crippen MR) is 133 cm³/mol. The summed E-state index contributed by atoms with van der Waals surface area (Å²) < 4.78 is 27.9. The number of aromatic hydroxyl groups is 1. The molecule has 3 N–H and O–H groups in total. The van der Waals surface area contributed by atoms with E-state index in [1.807, 2.05) is 6.92 Å². The van der Waals surface area contributed by atoms with Gasteiger partial charge in [0, 0.05) is 36.8 Å². The van der Waals surface area contributed by atoms with Crippen molar-refractivity contribution in [2.24, 2.45) is 0 Å². The molecule has 37 heavy (non-hydrogen) atoms. The van der Waals surface area contributed by atoms with Crippen LogP contribution in [0.15, 0.2) is 35.5 Å². The fourth-order valence-corrected chi connectivity index (χ4v) is 4.52. The third kappa shape index (κ3) is 4.70. The fraction of sp³-hybridized carbons (Fsp3) is 0.375. The SMILES string of the molecule is COc1c([C@H](C)n2nc(-c3cc(O)cc(F)c3)c3c(N)ncnc32)cnn(CCN2CCOCC2)c1=O. The van der Waals surface area contributed by atoms with E-state index in [0.717, 1.165) is 19.2 Å². The van der Waals surface area contributed by atoms with E-state index in [2.05, 4.69) is 25.1 Å². The Morgan fingerprint density at radius 1 is 1.22 bits per heavy atom. The molecule has 1 aromatic carbocycles. The number of rotatable bonds is 7. The maximum absolute atomic E-state index is 14.1. The van der Waals surface area contributed by atoms with Crippen LogP contribution < -0.4 is 16.0 Å². The third-order valence-electron chi connectivity index (χ3n) is 6.45. The lowest BCUT2D eigenvalue weighted by molar-refractivity contribution is 0.0357. The smallest absolute Gasteiger partial charge is 0.309 e. The molecule has 0 bridgehead atoms. The number of anilines is 1. The Hall–Kier alpha value is -4.10. The Kier molecular flexibility index (Phi) is 6.72. The number of phenols is 1. The van der Waals surface area contributed by atoms with Gasteiger partial charge in [0.25, 0.3) is 0 Å². The van der Waals surface area contributed by atoms with Crippen LogP contribution in [0, 0.1) is 5.82 Å². The average molecular weight is 511 g/mol. The number of fused-ring (bicyclic) bond motifs is 1. The second-order valence-corrected chi connectivity index (χ2v) is 8.74. The van der Waals surface area contributed by atoms with Gasteiger partial charge in [0.1, 0.15) is 29.4 Å². The number of aromatic nitrogens is 6. The van der Waals surface area contributed by atoms with Crippen LogP contribution in [0.25, 0.3) is 22.3 Å². The van der Waals surface area contributed by atoms with Crippen LogP contribution in [-0.2, 0) is 11.3 Å². The number of nitrogen functional groups attached to an aromatic ring is 1. The van der Waals surface area contributed by atoms with Gasteiger partial charge in [-0.2, -0.15) is 10.2 Å². The molecule has 0 amide bonds. The molecule has 4 heterocycles. The molecule has 0 unspecified atom stereocenters. The Labute approximate surface area is 211 Å². The Morgan fingerprint density at radius 2 is 2.00 bits per heavy atom. The molecule has 12 nitrogen and oxygen atoms in total. The van der Waals surface area contributed by atoms with E-state index in [1.165, 1.54) is 30.3 Å². The number of morpholine rings is 1. The Morgan fingerprint density at radius 3 is 2.73 bits per heavy atom. The van der Waals surface area contributed by atoms with Crippen molar-refractivity contribution >= 4 is 16.9 Å². The van der Waals surface area contributed by atoms with Crippen molar-refractivity contribution in [1.82, 2.24) is 34.4 Å². The maximum atomic E-state index is 14.1. The zero-order chi connectivity index (χ0) is 26.1. The first kappa shape index (κ1) is 24.6. The zero-order valence-electron chi connectivity index (χ0n) is 20.5. The largest absolute Gasteiger partial charge is 0.508 e. The normalized spacial score (nSPS) is 15.2. The van der Waals surface area contributed by atoms with E-state index in [0.29, 0.717) is 54.2 Å². The molecule has 0 saturated carbocycles. The molecule has 194 valence electrons. The first-order chi connectivity index (χ1) is 17.9. The van der Waals surface area contributed by atoms with Crippen molar-refractivity contribution in [3.8, 4) is 22.8 Å². The highest BCUT2D eigenvalue weighted by molar-refractivity contribution is 5.98. The summed E-state index contributed by atoms with van der Waals surface area (Å²) in [6.45, 7) is 5.85. The number of nitrogens with zero attached hydrogens (tertiary/aromatic N) is 7. The summed E-state index contributed by atoms with van der Waals surface area (Å²) in [7, 11) is 1.43. The topological polar surface area (TPSA) is 146 Å². The number of methoxy groups -OCH3 is 1. The van der Waals surface area contributed by atoms with Crippen molar-refractivity contribution in [1.29, 1.82) is 0 Å². The molecule has 13 heteroatoms.